The third-order valence-corrected chi connectivity index (χ3v) is 3.23. The van der Waals surface area contributed by atoms with Crippen molar-refractivity contribution in [3.63, 3.8) is 0 Å². The first-order chi connectivity index (χ1) is 7.09. The topological polar surface area (TPSA) is 60.9 Å². The van der Waals surface area contributed by atoms with Crippen molar-refractivity contribution in [3.05, 3.63) is 0 Å². The van der Waals surface area contributed by atoms with Crippen molar-refractivity contribution in [1.82, 2.24) is 9.80 Å². The molecule has 0 aromatic carbocycles. The van der Waals surface area contributed by atoms with Crippen LogP contribution < -0.4 is 0 Å². The van der Waals surface area contributed by atoms with Gasteiger partial charge in [0.05, 0.1) is 18.6 Å². The van der Waals surface area contributed by atoms with Crippen LogP contribution in [0.3, 0.4) is 0 Å². The molecule has 2 amide bonds. The Morgan fingerprint density at radius 3 is 2.67 bits per heavy atom. The number of likely N-dealkylation sites (N-methyl/N-ethyl adjacent to an activating group) is 1. The highest BCUT2D eigenvalue weighted by molar-refractivity contribution is 6.05. The van der Waals surface area contributed by atoms with E-state index in [1.54, 1.807) is 0 Å². The summed E-state index contributed by atoms with van der Waals surface area (Å²) in [7, 11) is 1.52. The second kappa shape index (κ2) is 3.90. The van der Waals surface area contributed by atoms with Crippen LogP contribution in [0.5, 0.6) is 0 Å². The van der Waals surface area contributed by atoms with Crippen molar-refractivity contribution < 1.29 is 14.7 Å². The van der Waals surface area contributed by atoms with Crippen molar-refractivity contribution in [3.8, 4) is 0 Å². The van der Waals surface area contributed by atoms with E-state index in [1.807, 2.05) is 4.90 Å². The van der Waals surface area contributed by atoms with E-state index in [0.29, 0.717) is 6.54 Å². The lowest BCUT2D eigenvalue weighted by Gasteiger charge is -2.33. The molecule has 1 unspecified atom stereocenters. The van der Waals surface area contributed by atoms with Crippen LogP contribution in [0.15, 0.2) is 0 Å². The van der Waals surface area contributed by atoms with Crippen LogP contribution in [-0.2, 0) is 9.59 Å². The molecule has 2 aliphatic heterocycles. The maximum atomic E-state index is 11.7. The fourth-order valence-corrected chi connectivity index (χ4v) is 2.29. The summed E-state index contributed by atoms with van der Waals surface area (Å²) >= 11 is 0. The summed E-state index contributed by atoms with van der Waals surface area (Å²) in [6.45, 7) is 1.31. The van der Waals surface area contributed by atoms with Gasteiger partial charge in [0.2, 0.25) is 11.8 Å². The minimum absolute atomic E-state index is 0.120. The number of likely N-dealkylation sites (tertiary alicyclic amines) is 2. The first-order valence-corrected chi connectivity index (χ1v) is 5.32. The van der Waals surface area contributed by atoms with Gasteiger partial charge in [0, 0.05) is 13.6 Å². The molecule has 2 saturated heterocycles. The molecule has 2 fully saturated rings. The number of hydrogen-bond acceptors (Lipinski definition) is 4. The Morgan fingerprint density at radius 1 is 1.40 bits per heavy atom. The molecule has 0 aromatic rings. The Hall–Kier alpha value is -0.940. The second-order valence-electron chi connectivity index (χ2n) is 4.30. The van der Waals surface area contributed by atoms with Crippen molar-refractivity contribution in [2.45, 2.75) is 31.4 Å². The Kier molecular flexibility index (Phi) is 2.75. The van der Waals surface area contributed by atoms with Crippen LogP contribution in [0.4, 0.5) is 0 Å². The average molecular weight is 212 g/mol. The number of β-amino-alcohol motifs (C(OH)–C–C–N with tert-alkyl or cyclic N) is 1. The number of amides is 2. The molecule has 15 heavy (non-hydrogen) atoms. The quantitative estimate of drug-likeness (QED) is 0.578. The first kappa shape index (κ1) is 10.6. The molecule has 2 aliphatic rings. The predicted molar refractivity (Wildman–Crippen MR) is 53.0 cm³/mol. The summed E-state index contributed by atoms with van der Waals surface area (Å²) in [5, 5.41) is 9.51. The molecule has 0 radical (unpaired) electrons. The number of aliphatic hydroxyl groups excluding tert-OH is 1. The van der Waals surface area contributed by atoms with E-state index in [9.17, 15) is 14.7 Å². The van der Waals surface area contributed by atoms with Crippen LogP contribution in [0.2, 0.25) is 0 Å². The smallest absolute Gasteiger partial charge is 0.246 e. The lowest BCUT2D eigenvalue weighted by molar-refractivity contribution is -0.138. The van der Waals surface area contributed by atoms with Crippen molar-refractivity contribution in [1.29, 1.82) is 0 Å². The predicted octanol–water partition coefficient (Wildman–Crippen LogP) is -0.800. The summed E-state index contributed by atoms with van der Waals surface area (Å²) in [4.78, 5) is 26.2. The van der Waals surface area contributed by atoms with Gasteiger partial charge in [-0.25, -0.2) is 0 Å². The Bertz CT molecular complexity index is 292. The van der Waals surface area contributed by atoms with E-state index in [1.165, 1.54) is 11.9 Å². The third kappa shape index (κ3) is 1.89. The average Bonchev–Trinajstić information content (AvgIpc) is 2.46. The molecule has 0 bridgehead atoms. The molecule has 2 rings (SSSR count). The van der Waals surface area contributed by atoms with Gasteiger partial charge < -0.3 is 5.11 Å². The van der Waals surface area contributed by atoms with Gasteiger partial charge in [-0.05, 0) is 19.4 Å². The molecular formula is C10H16N2O3. The molecule has 84 valence electrons. The Balaban J connectivity index is 2.05. The zero-order valence-electron chi connectivity index (χ0n) is 8.85. The van der Waals surface area contributed by atoms with Gasteiger partial charge in [0.15, 0.2) is 0 Å². The first-order valence-electron chi connectivity index (χ1n) is 5.32. The van der Waals surface area contributed by atoms with Gasteiger partial charge in [0.1, 0.15) is 0 Å². The molecule has 0 spiro atoms. The molecule has 1 N–H and O–H groups in total. The fourth-order valence-electron chi connectivity index (χ4n) is 2.29. The van der Waals surface area contributed by atoms with Gasteiger partial charge in [-0.15, -0.1) is 0 Å². The Morgan fingerprint density at radius 2 is 2.13 bits per heavy atom. The maximum Gasteiger partial charge on any atom is 0.246 e. The largest absolute Gasteiger partial charge is 0.392 e. The summed E-state index contributed by atoms with van der Waals surface area (Å²) in [6, 6.07) is -0.336. The van der Waals surface area contributed by atoms with E-state index in [4.69, 9.17) is 0 Å². The minimum atomic E-state index is -0.354. The standard InChI is InChI=1S/C10H16N2O3/c1-11-9(14)5-8(10(11)15)12-4-2-3-7(13)6-12/h7-8,13H,2-6H2,1H3/t7-,8?/m0/s1. The number of imide groups is 1. The van der Waals surface area contributed by atoms with Gasteiger partial charge in [0.25, 0.3) is 0 Å². The van der Waals surface area contributed by atoms with Gasteiger partial charge in [-0.1, -0.05) is 0 Å². The van der Waals surface area contributed by atoms with Gasteiger partial charge in [-0.3, -0.25) is 19.4 Å². The molecule has 0 saturated carbocycles. The molecule has 5 nitrogen and oxygen atoms in total. The summed E-state index contributed by atoms with van der Waals surface area (Å²) in [6.07, 6.45) is 1.60. The maximum absolute atomic E-state index is 11.7. The SMILES string of the molecule is CN1C(=O)CC(N2CCC[C@H](O)C2)C1=O. The van der Waals surface area contributed by atoms with E-state index >= 15 is 0 Å². The molecule has 0 aliphatic carbocycles. The van der Waals surface area contributed by atoms with Crippen molar-refractivity contribution in [2.75, 3.05) is 20.1 Å². The number of hydrogen-bond donors (Lipinski definition) is 1. The molecule has 5 heteroatoms. The zero-order chi connectivity index (χ0) is 11.0. The summed E-state index contributed by atoms with van der Waals surface area (Å²) in [5.41, 5.74) is 0. The normalized spacial score (nSPS) is 33.9. The van der Waals surface area contributed by atoms with Crippen molar-refractivity contribution >= 4 is 11.8 Å². The van der Waals surface area contributed by atoms with Crippen LogP contribution in [-0.4, -0.2) is 59.0 Å². The highest BCUT2D eigenvalue weighted by Crippen LogP contribution is 2.21. The second-order valence-corrected chi connectivity index (χ2v) is 4.30. The van der Waals surface area contributed by atoms with Crippen LogP contribution >= 0.6 is 0 Å². The van der Waals surface area contributed by atoms with Crippen LogP contribution in [0.1, 0.15) is 19.3 Å². The highest BCUT2D eigenvalue weighted by atomic mass is 16.3. The van der Waals surface area contributed by atoms with E-state index in [-0.39, 0.29) is 30.4 Å². The lowest BCUT2D eigenvalue weighted by atomic mass is 10.1. The molecule has 0 aromatic heterocycles. The zero-order valence-corrected chi connectivity index (χ0v) is 8.85. The molecular weight excluding hydrogens is 196 g/mol. The molecule has 2 heterocycles. The Labute approximate surface area is 88.6 Å². The number of aliphatic hydroxyl groups is 1. The number of carbonyl (C=O) groups excluding carboxylic acids is 2. The lowest BCUT2D eigenvalue weighted by Crippen LogP contribution is -2.47. The number of nitrogens with zero attached hydrogens (tertiary/aromatic N) is 2. The van der Waals surface area contributed by atoms with E-state index in [0.717, 1.165) is 19.4 Å². The summed E-state index contributed by atoms with van der Waals surface area (Å²) < 4.78 is 0. The highest BCUT2D eigenvalue weighted by Gasteiger charge is 2.40. The minimum Gasteiger partial charge on any atom is -0.392 e. The fraction of sp³-hybridized carbons (Fsp3) is 0.800. The number of piperidine rings is 1. The molecule has 2 atom stereocenters. The van der Waals surface area contributed by atoms with Crippen LogP contribution in [0.25, 0.3) is 0 Å². The van der Waals surface area contributed by atoms with Crippen molar-refractivity contribution in [2.24, 2.45) is 0 Å². The third-order valence-electron chi connectivity index (χ3n) is 3.23. The summed E-state index contributed by atoms with van der Waals surface area (Å²) in [5.74, 6) is -0.251. The number of carbonyl (C=O) groups is 2. The van der Waals surface area contributed by atoms with Crippen LogP contribution in [0, 0.1) is 0 Å². The van der Waals surface area contributed by atoms with E-state index in [2.05, 4.69) is 0 Å². The van der Waals surface area contributed by atoms with Gasteiger partial charge >= 0.3 is 0 Å². The van der Waals surface area contributed by atoms with E-state index < -0.39 is 0 Å². The number of rotatable bonds is 1. The van der Waals surface area contributed by atoms with Gasteiger partial charge in [-0.2, -0.15) is 0 Å². The monoisotopic (exact) mass is 212 g/mol.